The third kappa shape index (κ3) is 8.22. The first kappa shape index (κ1) is 33.6. The standard InChI is InChI=1S/C29H36N4O8S3/c1-5-32(17-15-30-42(3,34)35)21-11-13-23-26(19-21)41-27-20-22(33(6-2)18-16-31-43(4,36)37)12-14-24(27)29(23)25-9-7-8-10-28(25)44(38,39)40/h7-14,19-20,30-31H,5-6,15-18H2,1-4H3/p+1. The molecule has 0 aliphatic heterocycles. The SMILES string of the molecule is CCN(CCNS(C)(=O)=O)c1ccc2c(-c3ccccc3S(=O)(=O)O)c3ccc(N(CC)CCNS(C)(=O)=O)cc3[o+]c2c1. The minimum absolute atomic E-state index is 0.205. The number of nitrogens with one attached hydrogen (secondary N) is 2. The molecule has 15 heteroatoms. The summed E-state index contributed by atoms with van der Waals surface area (Å²) in [7, 11) is -11.3. The summed E-state index contributed by atoms with van der Waals surface area (Å²) < 4.78 is 92.6. The molecule has 1 aromatic heterocycles. The number of rotatable bonds is 14. The summed E-state index contributed by atoms with van der Waals surface area (Å²) in [4.78, 5) is 3.71. The molecule has 0 atom stereocenters. The van der Waals surface area contributed by atoms with Crippen LogP contribution >= 0.6 is 0 Å². The van der Waals surface area contributed by atoms with Crippen molar-refractivity contribution in [1.82, 2.24) is 9.44 Å². The fourth-order valence-electron chi connectivity index (χ4n) is 5.12. The van der Waals surface area contributed by atoms with Crippen molar-refractivity contribution in [2.45, 2.75) is 18.7 Å². The number of fused-ring (bicyclic) bond motifs is 2. The van der Waals surface area contributed by atoms with Gasteiger partial charge in [0.15, 0.2) is 0 Å². The Morgan fingerprint density at radius 1 is 0.705 bits per heavy atom. The quantitative estimate of drug-likeness (QED) is 0.103. The summed E-state index contributed by atoms with van der Waals surface area (Å²) in [5.41, 5.74) is 3.29. The Morgan fingerprint density at radius 3 is 1.57 bits per heavy atom. The lowest BCUT2D eigenvalue weighted by molar-refractivity contribution is 0.483. The molecule has 0 aliphatic carbocycles. The fraction of sp³-hybridized carbons (Fsp3) is 0.345. The second-order valence-electron chi connectivity index (χ2n) is 10.3. The van der Waals surface area contributed by atoms with E-state index in [1.54, 1.807) is 12.1 Å². The lowest BCUT2D eigenvalue weighted by Gasteiger charge is -2.23. The van der Waals surface area contributed by atoms with Crippen LogP contribution in [0.3, 0.4) is 0 Å². The highest BCUT2D eigenvalue weighted by Crippen LogP contribution is 2.41. The van der Waals surface area contributed by atoms with Crippen molar-refractivity contribution in [3.8, 4) is 11.1 Å². The molecule has 12 nitrogen and oxygen atoms in total. The number of benzene rings is 3. The Bertz CT molecular complexity index is 1900. The van der Waals surface area contributed by atoms with Crippen LogP contribution in [0.1, 0.15) is 13.8 Å². The van der Waals surface area contributed by atoms with Gasteiger partial charge in [0.2, 0.25) is 20.0 Å². The first-order valence-electron chi connectivity index (χ1n) is 13.9. The zero-order chi connectivity index (χ0) is 32.3. The summed E-state index contributed by atoms with van der Waals surface area (Å²) in [5.74, 6) is 0. The van der Waals surface area contributed by atoms with E-state index in [4.69, 9.17) is 4.42 Å². The van der Waals surface area contributed by atoms with E-state index in [1.165, 1.54) is 12.1 Å². The molecule has 0 spiro atoms. The second-order valence-corrected chi connectivity index (χ2v) is 15.4. The predicted octanol–water partition coefficient (Wildman–Crippen LogP) is 3.53. The molecule has 3 aromatic carbocycles. The van der Waals surface area contributed by atoms with Crippen molar-refractivity contribution < 1.29 is 34.2 Å². The van der Waals surface area contributed by atoms with Gasteiger partial charge in [-0.25, -0.2) is 30.7 Å². The van der Waals surface area contributed by atoms with E-state index < -0.39 is 30.2 Å². The molecule has 1 heterocycles. The Hall–Kier alpha value is -3.34. The fourth-order valence-corrected chi connectivity index (χ4v) is 6.74. The van der Waals surface area contributed by atoms with E-state index in [2.05, 4.69) is 9.44 Å². The smallest absolute Gasteiger partial charge is 0.363 e. The maximum Gasteiger partial charge on any atom is 0.363 e. The number of anilines is 2. The van der Waals surface area contributed by atoms with Gasteiger partial charge in [-0.2, -0.15) is 8.42 Å². The van der Waals surface area contributed by atoms with Gasteiger partial charge in [-0.1, -0.05) is 18.2 Å². The molecule has 3 N–H and O–H groups in total. The molecule has 44 heavy (non-hydrogen) atoms. The third-order valence-corrected chi connectivity index (χ3v) is 9.48. The van der Waals surface area contributed by atoms with E-state index in [-0.39, 0.29) is 18.0 Å². The van der Waals surface area contributed by atoms with Crippen LogP contribution in [0.2, 0.25) is 0 Å². The minimum Gasteiger partial charge on any atom is -0.370 e. The average Bonchev–Trinajstić information content (AvgIpc) is 2.94. The molecular formula is C29H37N4O8S3+. The van der Waals surface area contributed by atoms with Gasteiger partial charge in [0.25, 0.3) is 10.1 Å². The summed E-state index contributed by atoms with van der Waals surface area (Å²) in [6, 6.07) is 17.2. The Kier molecular flexibility index (Phi) is 10.2. The molecule has 0 amide bonds. The van der Waals surface area contributed by atoms with E-state index in [1.807, 2.05) is 60.0 Å². The van der Waals surface area contributed by atoms with Crippen molar-refractivity contribution in [3.63, 3.8) is 0 Å². The monoisotopic (exact) mass is 665 g/mol. The molecule has 4 rings (SSSR count). The highest BCUT2D eigenvalue weighted by molar-refractivity contribution is 7.89. The Labute approximate surface area is 258 Å². The number of likely N-dealkylation sites (N-methyl/N-ethyl adjacent to an activating group) is 2. The molecule has 0 saturated carbocycles. The molecule has 0 fully saturated rings. The molecule has 4 aromatic rings. The van der Waals surface area contributed by atoms with E-state index in [0.717, 1.165) is 23.9 Å². The van der Waals surface area contributed by atoms with E-state index in [9.17, 15) is 29.8 Å². The topological polar surface area (TPSA) is 164 Å². The highest BCUT2D eigenvalue weighted by Gasteiger charge is 2.26. The van der Waals surface area contributed by atoms with Crippen LogP contribution in [-0.4, -0.2) is 81.6 Å². The molecule has 0 saturated heterocycles. The van der Waals surface area contributed by atoms with Crippen molar-refractivity contribution in [1.29, 1.82) is 0 Å². The first-order valence-corrected chi connectivity index (χ1v) is 19.1. The largest absolute Gasteiger partial charge is 0.370 e. The minimum atomic E-state index is -4.57. The van der Waals surface area contributed by atoms with Crippen molar-refractivity contribution in [2.75, 3.05) is 61.6 Å². The Morgan fingerprint density at radius 2 is 1.16 bits per heavy atom. The van der Waals surface area contributed by atoms with Gasteiger partial charge < -0.3 is 9.80 Å². The maximum absolute atomic E-state index is 12.4. The van der Waals surface area contributed by atoms with Gasteiger partial charge in [0, 0.05) is 61.8 Å². The number of nitrogens with zero attached hydrogens (tertiary/aromatic N) is 2. The number of sulfonamides is 2. The molecule has 0 bridgehead atoms. The van der Waals surface area contributed by atoms with Crippen LogP contribution in [0.5, 0.6) is 0 Å². The average molecular weight is 666 g/mol. The van der Waals surface area contributed by atoms with Gasteiger partial charge in [0.1, 0.15) is 4.90 Å². The Balaban J connectivity index is 1.91. The third-order valence-electron chi connectivity index (χ3n) is 7.11. The lowest BCUT2D eigenvalue weighted by atomic mass is 9.96. The van der Waals surface area contributed by atoms with Gasteiger partial charge in [-0.15, -0.1) is 0 Å². The van der Waals surface area contributed by atoms with E-state index in [0.29, 0.717) is 59.2 Å². The summed E-state index contributed by atoms with van der Waals surface area (Å²) in [6.45, 7) is 6.27. The molecule has 0 unspecified atom stereocenters. The molecule has 238 valence electrons. The van der Waals surface area contributed by atoms with Gasteiger partial charge in [-0.3, -0.25) is 4.55 Å². The highest BCUT2D eigenvalue weighted by atomic mass is 32.2. The number of hydrogen-bond acceptors (Lipinski definition) is 8. The van der Waals surface area contributed by atoms with Crippen LogP contribution in [0.25, 0.3) is 33.1 Å². The van der Waals surface area contributed by atoms with Gasteiger partial charge in [0.05, 0.1) is 35.4 Å². The van der Waals surface area contributed by atoms with Crippen LogP contribution in [0.15, 0.2) is 70.0 Å². The van der Waals surface area contributed by atoms with Crippen molar-refractivity contribution in [3.05, 3.63) is 60.7 Å². The lowest BCUT2D eigenvalue weighted by Crippen LogP contribution is -2.34. The number of hydrogen-bond donors (Lipinski definition) is 3. The van der Waals surface area contributed by atoms with Crippen LogP contribution in [-0.2, 0) is 30.2 Å². The zero-order valence-electron chi connectivity index (χ0n) is 24.9. The molecule has 0 aliphatic rings. The van der Waals surface area contributed by atoms with Crippen molar-refractivity contribution >= 4 is 63.5 Å². The summed E-state index contributed by atoms with van der Waals surface area (Å²) in [6.07, 6.45) is 2.21. The van der Waals surface area contributed by atoms with Gasteiger partial charge >= 0.3 is 11.2 Å². The van der Waals surface area contributed by atoms with Gasteiger partial charge in [-0.05, 0) is 44.2 Å². The van der Waals surface area contributed by atoms with Crippen LogP contribution < -0.4 is 19.2 Å². The summed E-state index contributed by atoms with van der Waals surface area (Å²) in [5, 5.41) is 1.22. The maximum atomic E-state index is 12.4. The van der Waals surface area contributed by atoms with Crippen molar-refractivity contribution in [2.24, 2.45) is 0 Å². The van der Waals surface area contributed by atoms with Crippen LogP contribution in [0.4, 0.5) is 11.4 Å². The van der Waals surface area contributed by atoms with Crippen LogP contribution in [0, 0.1) is 0 Å². The van der Waals surface area contributed by atoms with E-state index >= 15 is 0 Å². The predicted molar refractivity (Wildman–Crippen MR) is 175 cm³/mol. The zero-order valence-corrected chi connectivity index (χ0v) is 27.4. The summed E-state index contributed by atoms with van der Waals surface area (Å²) >= 11 is 0. The molecular weight excluding hydrogens is 629 g/mol. The normalized spacial score (nSPS) is 12.6. The second kappa shape index (κ2) is 13.3. The first-order chi connectivity index (χ1) is 20.6. The molecule has 0 radical (unpaired) electrons.